The predicted molar refractivity (Wildman–Crippen MR) is 113 cm³/mol. The molecule has 0 saturated carbocycles. The Bertz CT molecular complexity index is 1200. The SMILES string of the molecule is CNC(=O)c1c(C)oc2cc(Oc3ccnc(Nc4ccc(OC)cc4)n3)ccc12. The van der Waals surface area contributed by atoms with Crippen LogP contribution in [0.25, 0.3) is 11.0 Å². The minimum Gasteiger partial charge on any atom is -0.497 e. The lowest BCUT2D eigenvalue weighted by atomic mass is 10.1. The summed E-state index contributed by atoms with van der Waals surface area (Å²) in [5, 5.41) is 6.47. The first-order valence-corrected chi connectivity index (χ1v) is 9.24. The first-order chi connectivity index (χ1) is 14.6. The van der Waals surface area contributed by atoms with E-state index in [9.17, 15) is 4.79 Å². The number of fused-ring (bicyclic) bond motifs is 1. The third-order valence-corrected chi connectivity index (χ3v) is 4.49. The molecular weight excluding hydrogens is 384 g/mol. The number of carbonyl (C=O) groups is 1. The van der Waals surface area contributed by atoms with Gasteiger partial charge in [-0.25, -0.2) is 4.98 Å². The molecule has 0 radical (unpaired) electrons. The second-order valence-corrected chi connectivity index (χ2v) is 6.44. The third-order valence-electron chi connectivity index (χ3n) is 4.49. The van der Waals surface area contributed by atoms with Crippen LogP contribution in [-0.2, 0) is 0 Å². The zero-order valence-corrected chi connectivity index (χ0v) is 16.7. The Balaban J connectivity index is 1.54. The van der Waals surface area contributed by atoms with E-state index in [1.165, 1.54) is 0 Å². The van der Waals surface area contributed by atoms with Crippen molar-refractivity contribution in [1.29, 1.82) is 0 Å². The van der Waals surface area contributed by atoms with Crippen molar-refractivity contribution in [2.45, 2.75) is 6.92 Å². The number of nitrogens with zero attached hydrogens (tertiary/aromatic N) is 2. The molecule has 4 aromatic rings. The van der Waals surface area contributed by atoms with Crippen molar-refractivity contribution in [2.24, 2.45) is 0 Å². The molecule has 2 N–H and O–H groups in total. The van der Waals surface area contributed by atoms with Gasteiger partial charge in [-0.1, -0.05) is 0 Å². The van der Waals surface area contributed by atoms with E-state index in [0.717, 1.165) is 16.8 Å². The van der Waals surface area contributed by atoms with E-state index in [4.69, 9.17) is 13.9 Å². The molecule has 0 bridgehead atoms. The summed E-state index contributed by atoms with van der Waals surface area (Å²) in [6.07, 6.45) is 1.60. The fraction of sp³-hybridized carbons (Fsp3) is 0.136. The molecule has 0 atom stereocenters. The van der Waals surface area contributed by atoms with E-state index in [2.05, 4.69) is 20.6 Å². The number of ether oxygens (including phenoxy) is 2. The number of methoxy groups -OCH3 is 1. The Morgan fingerprint density at radius 2 is 1.83 bits per heavy atom. The number of hydrogen-bond donors (Lipinski definition) is 2. The van der Waals surface area contributed by atoms with Gasteiger partial charge in [0, 0.05) is 36.5 Å². The van der Waals surface area contributed by atoms with Crippen molar-refractivity contribution < 1.29 is 18.7 Å². The van der Waals surface area contributed by atoms with Gasteiger partial charge >= 0.3 is 0 Å². The standard InChI is InChI=1S/C22H20N4O4/c1-13-20(21(27)23-2)17-9-8-16(12-18(17)29-13)30-19-10-11-24-22(26-19)25-14-4-6-15(28-3)7-5-14/h4-12H,1-3H3,(H,23,27)(H,24,25,26). The van der Waals surface area contributed by atoms with Crippen LogP contribution >= 0.6 is 0 Å². The van der Waals surface area contributed by atoms with Crippen molar-refractivity contribution in [3.8, 4) is 17.4 Å². The van der Waals surface area contributed by atoms with Crippen LogP contribution in [0.4, 0.5) is 11.6 Å². The summed E-state index contributed by atoms with van der Waals surface area (Å²) >= 11 is 0. The molecule has 0 saturated heterocycles. The molecule has 0 unspecified atom stereocenters. The van der Waals surface area contributed by atoms with E-state index in [-0.39, 0.29) is 5.91 Å². The van der Waals surface area contributed by atoms with E-state index >= 15 is 0 Å². The van der Waals surface area contributed by atoms with E-state index in [1.807, 2.05) is 24.3 Å². The van der Waals surface area contributed by atoms with Crippen molar-refractivity contribution in [2.75, 3.05) is 19.5 Å². The maximum Gasteiger partial charge on any atom is 0.255 e. The van der Waals surface area contributed by atoms with Gasteiger partial charge in [0.1, 0.15) is 22.8 Å². The summed E-state index contributed by atoms with van der Waals surface area (Å²) in [5.41, 5.74) is 1.91. The highest BCUT2D eigenvalue weighted by Gasteiger charge is 2.17. The van der Waals surface area contributed by atoms with Crippen LogP contribution < -0.4 is 20.1 Å². The molecule has 8 nitrogen and oxygen atoms in total. The van der Waals surface area contributed by atoms with Gasteiger partial charge in [-0.05, 0) is 43.3 Å². The van der Waals surface area contributed by atoms with E-state index in [1.54, 1.807) is 51.5 Å². The molecule has 2 aromatic heterocycles. The Morgan fingerprint density at radius 1 is 1.07 bits per heavy atom. The Kier molecular flexibility index (Phi) is 5.21. The molecule has 1 amide bonds. The maximum absolute atomic E-state index is 12.1. The van der Waals surface area contributed by atoms with Crippen LogP contribution in [0.5, 0.6) is 17.4 Å². The number of furan rings is 1. The Labute approximate surface area is 172 Å². The van der Waals surface area contributed by atoms with Crippen molar-refractivity contribution >= 4 is 28.5 Å². The zero-order chi connectivity index (χ0) is 21.1. The fourth-order valence-electron chi connectivity index (χ4n) is 3.05. The quantitative estimate of drug-likeness (QED) is 0.490. The molecule has 8 heteroatoms. The number of aromatic nitrogens is 2. The summed E-state index contributed by atoms with van der Waals surface area (Å²) in [5.74, 6) is 2.43. The summed E-state index contributed by atoms with van der Waals surface area (Å²) in [6.45, 7) is 1.76. The van der Waals surface area contributed by atoms with Crippen LogP contribution in [0.1, 0.15) is 16.1 Å². The summed E-state index contributed by atoms with van der Waals surface area (Å²) in [7, 11) is 3.21. The van der Waals surface area contributed by atoms with Crippen molar-refractivity contribution in [1.82, 2.24) is 15.3 Å². The molecule has 2 heterocycles. The highest BCUT2D eigenvalue weighted by Crippen LogP contribution is 2.30. The van der Waals surface area contributed by atoms with Gasteiger partial charge in [0.2, 0.25) is 11.8 Å². The highest BCUT2D eigenvalue weighted by molar-refractivity contribution is 6.07. The molecule has 0 spiro atoms. The second-order valence-electron chi connectivity index (χ2n) is 6.44. The third kappa shape index (κ3) is 3.88. The highest BCUT2D eigenvalue weighted by atomic mass is 16.5. The molecule has 0 aliphatic heterocycles. The summed E-state index contributed by atoms with van der Waals surface area (Å²) in [4.78, 5) is 20.7. The zero-order valence-electron chi connectivity index (χ0n) is 16.7. The summed E-state index contributed by atoms with van der Waals surface area (Å²) < 4.78 is 16.7. The molecule has 152 valence electrons. The van der Waals surface area contributed by atoms with Crippen LogP contribution in [0.15, 0.2) is 59.1 Å². The molecule has 2 aromatic carbocycles. The lowest BCUT2D eigenvalue weighted by molar-refractivity contribution is 0.0963. The van der Waals surface area contributed by atoms with Gasteiger partial charge in [0.25, 0.3) is 5.91 Å². The number of amides is 1. The normalized spacial score (nSPS) is 10.6. The Morgan fingerprint density at radius 3 is 2.57 bits per heavy atom. The van der Waals surface area contributed by atoms with Gasteiger partial charge in [-0.3, -0.25) is 4.79 Å². The molecule has 4 rings (SSSR count). The average Bonchev–Trinajstić information content (AvgIpc) is 3.09. The molecule has 0 aliphatic rings. The number of hydrogen-bond acceptors (Lipinski definition) is 7. The van der Waals surface area contributed by atoms with Crippen LogP contribution in [0, 0.1) is 6.92 Å². The first kappa shape index (κ1) is 19.3. The van der Waals surface area contributed by atoms with Gasteiger partial charge in [-0.2, -0.15) is 4.98 Å². The minimum absolute atomic E-state index is 0.190. The number of nitrogens with one attached hydrogen (secondary N) is 2. The van der Waals surface area contributed by atoms with E-state index in [0.29, 0.717) is 34.5 Å². The second kappa shape index (κ2) is 8.12. The molecule has 0 fully saturated rings. The Hall–Kier alpha value is -4.07. The van der Waals surface area contributed by atoms with Gasteiger partial charge < -0.3 is 24.5 Å². The molecule has 0 aliphatic carbocycles. The lowest BCUT2D eigenvalue weighted by Gasteiger charge is -2.08. The van der Waals surface area contributed by atoms with Crippen LogP contribution in [-0.4, -0.2) is 30.0 Å². The average molecular weight is 404 g/mol. The lowest BCUT2D eigenvalue weighted by Crippen LogP contribution is -2.18. The van der Waals surface area contributed by atoms with Gasteiger partial charge in [0.05, 0.1) is 12.7 Å². The minimum atomic E-state index is -0.190. The fourth-order valence-corrected chi connectivity index (χ4v) is 3.05. The smallest absolute Gasteiger partial charge is 0.255 e. The monoisotopic (exact) mass is 404 g/mol. The largest absolute Gasteiger partial charge is 0.497 e. The number of aryl methyl sites for hydroxylation is 1. The first-order valence-electron chi connectivity index (χ1n) is 9.24. The van der Waals surface area contributed by atoms with Gasteiger partial charge in [0.15, 0.2) is 0 Å². The van der Waals surface area contributed by atoms with Crippen LogP contribution in [0.3, 0.4) is 0 Å². The van der Waals surface area contributed by atoms with Crippen LogP contribution in [0.2, 0.25) is 0 Å². The van der Waals surface area contributed by atoms with Crippen molar-refractivity contribution in [3.63, 3.8) is 0 Å². The predicted octanol–water partition coefficient (Wildman–Crippen LogP) is 4.44. The number of anilines is 2. The summed E-state index contributed by atoms with van der Waals surface area (Å²) in [6, 6.07) is 14.4. The molecule has 30 heavy (non-hydrogen) atoms. The number of carbonyl (C=O) groups excluding carboxylic acids is 1. The van der Waals surface area contributed by atoms with E-state index < -0.39 is 0 Å². The number of benzene rings is 2. The number of rotatable bonds is 6. The van der Waals surface area contributed by atoms with Crippen molar-refractivity contribution in [3.05, 3.63) is 66.1 Å². The maximum atomic E-state index is 12.1. The molecular formula is C22H20N4O4. The topological polar surface area (TPSA) is 98.5 Å². The van der Waals surface area contributed by atoms with Gasteiger partial charge in [-0.15, -0.1) is 0 Å².